The number of carbonyl (C=O) groups is 2. The predicted molar refractivity (Wildman–Crippen MR) is 153 cm³/mol. The maximum Gasteiger partial charge on any atom is 0.407 e. The summed E-state index contributed by atoms with van der Waals surface area (Å²) in [5, 5.41) is 9.45. The Hall–Kier alpha value is -4.05. The van der Waals surface area contributed by atoms with E-state index in [9.17, 15) is 9.59 Å². The zero-order valence-corrected chi connectivity index (χ0v) is 22.9. The highest BCUT2D eigenvalue weighted by Crippen LogP contribution is 2.32. The minimum atomic E-state index is -0.545. The molecular formula is C28H32ClN7O3. The van der Waals surface area contributed by atoms with Crippen LogP contribution in [0.2, 0.25) is 5.02 Å². The molecule has 11 heteroatoms. The number of imidazole rings is 1. The van der Waals surface area contributed by atoms with Gasteiger partial charge in [0, 0.05) is 30.4 Å². The second-order valence-electron chi connectivity index (χ2n) is 10.7. The molecule has 39 heavy (non-hydrogen) atoms. The van der Waals surface area contributed by atoms with Gasteiger partial charge in [-0.2, -0.15) is 0 Å². The number of nitrogens with two attached hydrogens (primary N) is 1. The fraction of sp³-hybridized carbons (Fsp3) is 0.357. The SMILES string of the molecule is CC(C)(C)OC(=O)NCCCNc1nc2cc(N)ccc2n2c(-c3ccc(C(=O)NC4CC4)c(Cl)c3)cnc12. The summed E-state index contributed by atoms with van der Waals surface area (Å²) in [6.45, 7) is 6.46. The van der Waals surface area contributed by atoms with E-state index in [2.05, 4.69) is 20.9 Å². The maximum atomic E-state index is 12.6. The third kappa shape index (κ3) is 6.17. The Bertz CT molecular complexity index is 1560. The minimum Gasteiger partial charge on any atom is -0.444 e. The van der Waals surface area contributed by atoms with E-state index in [1.54, 1.807) is 18.3 Å². The molecule has 1 aliphatic carbocycles. The minimum absolute atomic E-state index is 0.162. The molecule has 1 saturated carbocycles. The van der Waals surface area contributed by atoms with Gasteiger partial charge in [0.1, 0.15) is 5.60 Å². The molecule has 2 amide bonds. The Labute approximate surface area is 231 Å². The Kier molecular flexibility index (Phi) is 7.22. The van der Waals surface area contributed by atoms with Gasteiger partial charge < -0.3 is 26.4 Å². The number of benzene rings is 2. The first-order valence-electron chi connectivity index (χ1n) is 13.0. The number of alkyl carbamates (subject to hydrolysis) is 1. The van der Waals surface area contributed by atoms with E-state index in [1.165, 1.54) is 0 Å². The van der Waals surface area contributed by atoms with E-state index >= 15 is 0 Å². The quantitative estimate of drug-likeness (QED) is 0.179. The second-order valence-corrected chi connectivity index (χ2v) is 11.1. The number of halogens is 1. The zero-order valence-electron chi connectivity index (χ0n) is 22.2. The van der Waals surface area contributed by atoms with Gasteiger partial charge in [-0.3, -0.25) is 9.20 Å². The predicted octanol–water partition coefficient (Wildman–Crippen LogP) is 5.00. The van der Waals surface area contributed by atoms with Crippen molar-refractivity contribution in [2.24, 2.45) is 0 Å². The van der Waals surface area contributed by atoms with E-state index < -0.39 is 11.7 Å². The van der Waals surface area contributed by atoms with Crippen molar-refractivity contribution >= 4 is 51.8 Å². The van der Waals surface area contributed by atoms with Gasteiger partial charge in [0.2, 0.25) is 0 Å². The van der Waals surface area contributed by atoms with Crippen molar-refractivity contribution in [1.29, 1.82) is 0 Å². The molecule has 0 spiro atoms. The van der Waals surface area contributed by atoms with Crippen LogP contribution in [0.4, 0.5) is 16.3 Å². The zero-order chi connectivity index (χ0) is 27.7. The lowest BCUT2D eigenvalue weighted by Gasteiger charge is -2.19. The van der Waals surface area contributed by atoms with E-state index in [-0.39, 0.29) is 11.9 Å². The smallest absolute Gasteiger partial charge is 0.407 e. The first-order chi connectivity index (χ1) is 18.6. The van der Waals surface area contributed by atoms with Gasteiger partial charge in [-0.05, 0) is 70.4 Å². The molecule has 0 bridgehead atoms. The summed E-state index contributed by atoms with van der Waals surface area (Å²) in [6.07, 6.45) is 3.97. The first-order valence-corrected chi connectivity index (χ1v) is 13.3. The van der Waals surface area contributed by atoms with E-state index in [0.717, 1.165) is 29.6 Å². The van der Waals surface area contributed by atoms with Crippen molar-refractivity contribution in [1.82, 2.24) is 25.0 Å². The van der Waals surface area contributed by atoms with Crippen molar-refractivity contribution in [2.75, 3.05) is 24.1 Å². The Morgan fingerprint density at radius 1 is 1.15 bits per heavy atom. The fourth-order valence-corrected chi connectivity index (χ4v) is 4.49. The molecule has 2 aromatic carbocycles. The van der Waals surface area contributed by atoms with Crippen LogP contribution in [0.1, 0.15) is 50.4 Å². The molecule has 1 aliphatic rings. The number of nitrogens with one attached hydrogen (secondary N) is 3. The van der Waals surface area contributed by atoms with Crippen molar-refractivity contribution in [3.63, 3.8) is 0 Å². The third-order valence-corrected chi connectivity index (χ3v) is 6.50. The molecular weight excluding hydrogens is 518 g/mol. The third-order valence-electron chi connectivity index (χ3n) is 6.18. The number of amides is 2. The summed E-state index contributed by atoms with van der Waals surface area (Å²) >= 11 is 6.55. The van der Waals surface area contributed by atoms with E-state index in [0.29, 0.717) is 52.8 Å². The number of carbonyl (C=O) groups excluding carboxylic acids is 2. The summed E-state index contributed by atoms with van der Waals surface area (Å²) in [7, 11) is 0. The highest BCUT2D eigenvalue weighted by Gasteiger charge is 2.25. The fourth-order valence-electron chi connectivity index (χ4n) is 4.22. The summed E-state index contributed by atoms with van der Waals surface area (Å²) in [5.41, 5.74) is 10.3. The molecule has 0 radical (unpaired) electrons. The molecule has 0 aliphatic heterocycles. The summed E-state index contributed by atoms with van der Waals surface area (Å²) in [4.78, 5) is 33.9. The lowest BCUT2D eigenvalue weighted by Crippen LogP contribution is -2.33. The number of hydrogen-bond acceptors (Lipinski definition) is 7. The van der Waals surface area contributed by atoms with Gasteiger partial charge in [-0.15, -0.1) is 0 Å². The van der Waals surface area contributed by atoms with Gasteiger partial charge in [0.25, 0.3) is 5.91 Å². The van der Waals surface area contributed by atoms with Crippen molar-refractivity contribution in [3.8, 4) is 11.3 Å². The number of nitrogen functional groups attached to an aromatic ring is 1. The largest absolute Gasteiger partial charge is 0.444 e. The summed E-state index contributed by atoms with van der Waals surface area (Å²) in [6, 6.07) is 11.2. The summed E-state index contributed by atoms with van der Waals surface area (Å²) in [5.74, 6) is 0.424. The van der Waals surface area contributed by atoms with Crippen molar-refractivity contribution in [3.05, 3.63) is 53.2 Å². The van der Waals surface area contributed by atoms with Crippen LogP contribution >= 0.6 is 11.6 Å². The molecule has 2 heterocycles. The Morgan fingerprint density at radius 2 is 1.95 bits per heavy atom. The van der Waals surface area contributed by atoms with Crippen molar-refractivity contribution < 1.29 is 14.3 Å². The van der Waals surface area contributed by atoms with Gasteiger partial charge in [-0.25, -0.2) is 14.8 Å². The second kappa shape index (κ2) is 10.6. The monoisotopic (exact) mass is 549 g/mol. The number of nitrogens with zero attached hydrogens (tertiary/aromatic N) is 3. The Morgan fingerprint density at radius 3 is 2.67 bits per heavy atom. The number of fused-ring (bicyclic) bond motifs is 3. The first kappa shape index (κ1) is 26.6. The number of hydrogen-bond donors (Lipinski definition) is 4. The molecule has 0 atom stereocenters. The van der Waals surface area contributed by atoms with Gasteiger partial charge >= 0.3 is 6.09 Å². The number of aromatic nitrogens is 3. The molecule has 0 unspecified atom stereocenters. The van der Waals surface area contributed by atoms with Crippen LogP contribution in [-0.2, 0) is 4.74 Å². The van der Waals surface area contributed by atoms with Crippen LogP contribution in [0.5, 0.6) is 0 Å². The number of anilines is 2. The molecule has 2 aromatic heterocycles. The van der Waals surface area contributed by atoms with Crippen LogP contribution in [-0.4, -0.2) is 51.1 Å². The molecule has 204 valence electrons. The lowest BCUT2D eigenvalue weighted by atomic mass is 10.1. The lowest BCUT2D eigenvalue weighted by molar-refractivity contribution is 0.0527. The molecule has 1 fully saturated rings. The maximum absolute atomic E-state index is 12.6. The molecule has 5 rings (SSSR count). The number of rotatable bonds is 8. The van der Waals surface area contributed by atoms with E-state index in [1.807, 2.05) is 49.4 Å². The highest BCUT2D eigenvalue weighted by molar-refractivity contribution is 6.34. The van der Waals surface area contributed by atoms with Crippen LogP contribution in [0.3, 0.4) is 0 Å². The average Bonchev–Trinajstić information content (AvgIpc) is 3.56. The molecule has 5 N–H and O–H groups in total. The van der Waals surface area contributed by atoms with Crippen molar-refractivity contribution in [2.45, 2.75) is 51.7 Å². The average molecular weight is 550 g/mol. The van der Waals surface area contributed by atoms with Crippen LogP contribution < -0.4 is 21.7 Å². The summed E-state index contributed by atoms with van der Waals surface area (Å²) < 4.78 is 7.27. The molecule has 4 aromatic rings. The van der Waals surface area contributed by atoms with Gasteiger partial charge in [-0.1, -0.05) is 17.7 Å². The standard InChI is InChI=1S/C28H32ClN7O3/c1-28(2,3)39-27(38)32-12-4-11-31-24-25-33-15-23(36(25)22-10-6-17(30)14-21(22)35-24)16-5-9-19(20(29)13-16)26(37)34-18-7-8-18/h5-6,9-10,13-15,18H,4,7-8,11-12,30H2,1-3H3,(H,31,35)(H,32,38)(H,34,37). The Balaban J connectivity index is 1.40. The van der Waals surface area contributed by atoms with Crippen LogP contribution in [0, 0.1) is 0 Å². The van der Waals surface area contributed by atoms with Gasteiger partial charge in [0.15, 0.2) is 11.5 Å². The topological polar surface area (TPSA) is 136 Å². The van der Waals surface area contributed by atoms with Crippen LogP contribution in [0.15, 0.2) is 42.6 Å². The highest BCUT2D eigenvalue weighted by atomic mass is 35.5. The van der Waals surface area contributed by atoms with E-state index in [4.69, 9.17) is 27.1 Å². The van der Waals surface area contributed by atoms with Gasteiger partial charge in [0.05, 0.1) is 33.5 Å². The number of ether oxygens (including phenoxy) is 1. The molecule has 10 nitrogen and oxygen atoms in total. The van der Waals surface area contributed by atoms with Crippen LogP contribution in [0.25, 0.3) is 27.9 Å². The molecule has 0 saturated heterocycles. The normalized spacial score (nSPS) is 13.4.